The van der Waals surface area contributed by atoms with Crippen LogP contribution in [0, 0.1) is 0 Å². The highest BCUT2D eigenvalue weighted by molar-refractivity contribution is 7.86. The summed E-state index contributed by atoms with van der Waals surface area (Å²) < 4.78 is 73.6. The molecule has 9 heteroatoms. The molecular formula is C24H32O7S2-2. The molecule has 0 aliphatic heterocycles. The van der Waals surface area contributed by atoms with Gasteiger partial charge < -0.3 is 13.8 Å². The van der Waals surface area contributed by atoms with Crippen LogP contribution in [0.3, 0.4) is 0 Å². The summed E-state index contributed by atoms with van der Waals surface area (Å²) in [6, 6.07) is 8.98. The fourth-order valence-electron chi connectivity index (χ4n) is 3.61. The summed E-state index contributed by atoms with van der Waals surface area (Å²) in [6.07, 6.45) is 12.8. The zero-order valence-electron chi connectivity index (χ0n) is 19.0. The number of hydrogen-bond donors (Lipinski definition) is 0. The summed E-state index contributed by atoms with van der Waals surface area (Å²) in [6.45, 7) is 2.21. The molecule has 2 rings (SSSR count). The van der Waals surface area contributed by atoms with Crippen molar-refractivity contribution in [3.63, 3.8) is 0 Å². The van der Waals surface area contributed by atoms with Gasteiger partial charge >= 0.3 is 0 Å². The molecule has 0 N–H and O–H groups in total. The molecule has 0 aliphatic carbocycles. The van der Waals surface area contributed by atoms with Crippen LogP contribution >= 0.6 is 0 Å². The van der Waals surface area contributed by atoms with E-state index in [1.54, 1.807) is 6.07 Å². The van der Waals surface area contributed by atoms with E-state index in [1.165, 1.54) is 69.2 Å². The largest absolute Gasteiger partial charge is 0.744 e. The zero-order valence-corrected chi connectivity index (χ0v) is 20.6. The van der Waals surface area contributed by atoms with Crippen LogP contribution in [0.15, 0.2) is 52.3 Å². The highest BCUT2D eigenvalue weighted by atomic mass is 32.2. The molecule has 0 unspecified atom stereocenters. The average Bonchev–Trinajstić information content (AvgIpc) is 2.74. The molecule has 0 bridgehead atoms. The molecule has 0 aliphatic rings. The summed E-state index contributed by atoms with van der Waals surface area (Å²) in [5, 5.41) is 0. The Morgan fingerprint density at radius 2 is 1.24 bits per heavy atom. The first-order chi connectivity index (χ1) is 15.6. The first-order valence-corrected chi connectivity index (χ1v) is 14.3. The molecule has 7 nitrogen and oxygen atoms in total. The minimum absolute atomic E-state index is 0.114. The molecule has 2 aromatic carbocycles. The molecule has 184 valence electrons. The fourth-order valence-corrected chi connectivity index (χ4v) is 4.66. The first-order valence-electron chi connectivity index (χ1n) is 11.4. The van der Waals surface area contributed by atoms with Crippen molar-refractivity contribution in [2.75, 3.05) is 0 Å². The molecular weight excluding hydrogens is 464 g/mol. The minimum Gasteiger partial charge on any atom is -0.744 e. The van der Waals surface area contributed by atoms with Gasteiger partial charge in [-0.25, -0.2) is 16.8 Å². The van der Waals surface area contributed by atoms with Gasteiger partial charge in [0.1, 0.15) is 31.7 Å². The van der Waals surface area contributed by atoms with Gasteiger partial charge in [-0.15, -0.1) is 0 Å². The fraction of sp³-hybridized carbons (Fsp3) is 0.500. The Bertz CT molecular complexity index is 1080. The number of aryl methyl sites for hydroxylation is 1. The molecule has 0 fully saturated rings. The van der Waals surface area contributed by atoms with E-state index in [1.807, 2.05) is 0 Å². The lowest BCUT2D eigenvalue weighted by Crippen LogP contribution is -2.03. The Kier molecular flexibility index (Phi) is 10.8. The lowest BCUT2D eigenvalue weighted by molar-refractivity contribution is 0.440. The van der Waals surface area contributed by atoms with Gasteiger partial charge in [-0.2, -0.15) is 0 Å². The van der Waals surface area contributed by atoms with Crippen molar-refractivity contribution in [3.8, 4) is 11.5 Å². The lowest BCUT2D eigenvalue weighted by Gasteiger charge is -2.16. The van der Waals surface area contributed by atoms with Crippen LogP contribution in [-0.4, -0.2) is 25.9 Å². The molecule has 33 heavy (non-hydrogen) atoms. The number of ether oxygens (including phenoxy) is 1. The molecule has 0 spiro atoms. The van der Waals surface area contributed by atoms with Crippen LogP contribution in [-0.2, 0) is 26.7 Å². The van der Waals surface area contributed by atoms with Crippen LogP contribution in [0.4, 0.5) is 0 Å². The van der Waals surface area contributed by atoms with E-state index in [0.717, 1.165) is 43.4 Å². The molecule has 0 atom stereocenters. The highest BCUT2D eigenvalue weighted by Gasteiger charge is 2.13. The van der Waals surface area contributed by atoms with E-state index in [2.05, 4.69) is 6.92 Å². The SMILES string of the molecule is CCCCCCCCCCCCc1ccc(S(=O)(=O)[O-])c(Oc2ccc(S(=O)(=O)[O-])cc2)c1. The van der Waals surface area contributed by atoms with Crippen molar-refractivity contribution >= 4 is 20.2 Å². The van der Waals surface area contributed by atoms with Gasteiger partial charge in [0.15, 0.2) is 0 Å². The van der Waals surface area contributed by atoms with E-state index in [-0.39, 0.29) is 11.5 Å². The molecule has 0 amide bonds. The van der Waals surface area contributed by atoms with E-state index >= 15 is 0 Å². The van der Waals surface area contributed by atoms with Gasteiger partial charge in [0.2, 0.25) is 0 Å². The molecule has 2 aromatic rings. The normalized spacial score (nSPS) is 12.1. The van der Waals surface area contributed by atoms with Crippen LogP contribution < -0.4 is 4.74 Å². The summed E-state index contributed by atoms with van der Waals surface area (Å²) in [5.74, 6) is -0.00398. The van der Waals surface area contributed by atoms with Crippen molar-refractivity contribution in [2.45, 2.75) is 87.3 Å². The van der Waals surface area contributed by atoms with Gasteiger partial charge in [-0.3, -0.25) is 0 Å². The first kappa shape index (κ1) is 27.3. The second kappa shape index (κ2) is 13.1. The number of unbranched alkanes of at least 4 members (excludes halogenated alkanes) is 9. The lowest BCUT2D eigenvalue weighted by atomic mass is 10.0. The van der Waals surface area contributed by atoms with Gasteiger partial charge in [0, 0.05) is 0 Å². The Morgan fingerprint density at radius 1 is 0.697 bits per heavy atom. The maximum Gasteiger partial charge on any atom is 0.145 e. The van der Waals surface area contributed by atoms with Gasteiger partial charge in [0.05, 0.1) is 9.79 Å². The molecule has 0 saturated heterocycles. The third-order valence-electron chi connectivity index (χ3n) is 5.44. The van der Waals surface area contributed by atoms with Crippen molar-refractivity contribution in [2.24, 2.45) is 0 Å². The number of benzene rings is 2. The summed E-state index contributed by atoms with van der Waals surface area (Å²) in [7, 11) is -9.37. The topological polar surface area (TPSA) is 124 Å². The monoisotopic (exact) mass is 496 g/mol. The maximum atomic E-state index is 11.6. The van der Waals surface area contributed by atoms with E-state index in [4.69, 9.17) is 4.74 Å². The Morgan fingerprint density at radius 3 is 1.76 bits per heavy atom. The molecule has 0 aromatic heterocycles. The Labute approximate surface area is 197 Å². The predicted octanol–water partition coefficient (Wildman–Crippen LogP) is 5.75. The summed E-state index contributed by atoms with van der Waals surface area (Å²) in [4.78, 5) is -0.920. The maximum absolute atomic E-state index is 11.6. The minimum atomic E-state index is -4.77. The van der Waals surface area contributed by atoms with Crippen LogP contribution in [0.25, 0.3) is 0 Å². The molecule has 0 heterocycles. The van der Waals surface area contributed by atoms with Crippen molar-refractivity contribution in [1.29, 1.82) is 0 Å². The van der Waals surface area contributed by atoms with E-state index < -0.39 is 30.0 Å². The standard InChI is InChI=1S/C24H34O7S2/c1-2-3-4-5-6-7-8-9-10-11-12-20-13-18-24(33(28,29)30)23(19-20)31-21-14-16-22(17-15-21)32(25,26)27/h13-19H,2-12H2,1H3,(H,25,26,27)(H,28,29,30)/p-2. The van der Waals surface area contributed by atoms with Gasteiger partial charge in [-0.05, 0) is 54.8 Å². The highest BCUT2D eigenvalue weighted by Crippen LogP contribution is 2.31. The Balaban J connectivity index is 1.94. The Hall–Kier alpha value is -1.94. The predicted molar refractivity (Wildman–Crippen MR) is 124 cm³/mol. The van der Waals surface area contributed by atoms with Crippen LogP contribution in [0.2, 0.25) is 0 Å². The number of rotatable bonds is 15. The van der Waals surface area contributed by atoms with E-state index in [0.29, 0.717) is 0 Å². The van der Waals surface area contributed by atoms with Crippen LogP contribution in [0.1, 0.15) is 76.7 Å². The van der Waals surface area contributed by atoms with E-state index in [9.17, 15) is 25.9 Å². The smallest absolute Gasteiger partial charge is 0.145 e. The third-order valence-corrected chi connectivity index (χ3v) is 7.16. The van der Waals surface area contributed by atoms with Gasteiger partial charge in [-0.1, -0.05) is 70.8 Å². The zero-order chi connectivity index (χ0) is 24.3. The summed E-state index contributed by atoms with van der Waals surface area (Å²) in [5.41, 5.74) is 0.843. The van der Waals surface area contributed by atoms with Crippen molar-refractivity contribution in [1.82, 2.24) is 0 Å². The average molecular weight is 497 g/mol. The second-order valence-electron chi connectivity index (χ2n) is 8.19. The van der Waals surface area contributed by atoms with Crippen molar-refractivity contribution < 1.29 is 30.7 Å². The third kappa shape index (κ3) is 9.83. The number of hydrogen-bond acceptors (Lipinski definition) is 7. The molecule has 0 saturated carbocycles. The van der Waals surface area contributed by atoms with Crippen molar-refractivity contribution in [3.05, 3.63) is 48.0 Å². The second-order valence-corrected chi connectivity index (χ2v) is 10.9. The van der Waals surface area contributed by atoms with Gasteiger partial charge in [0.25, 0.3) is 0 Å². The summed E-state index contributed by atoms with van der Waals surface area (Å²) >= 11 is 0. The quantitative estimate of drug-likeness (QED) is 0.227. The molecule has 0 radical (unpaired) electrons. The van der Waals surface area contributed by atoms with Crippen LogP contribution in [0.5, 0.6) is 11.5 Å².